The predicted octanol–water partition coefficient (Wildman–Crippen LogP) is 3.03. The maximum absolute atomic E-state index is 12.5. The lowest BCUT2D eigenvalue weighted by atomic mass is 9.99. The number of rotatable bonds is 3. The summed E-state index contributed by atoms with van der Waals surface area (Å²) < 4.78 is 0. The van der Waals surface area contributed by atoms with Crippen molar-refractivity contribution in [3.63, 3.8) is 0 Å². The highest BCUT2D eigenvalue weighted by Gasteiger charge is 2.27. The van der Waals surface area contributed by atoms with E-state index in [1.165, 1.54) is 0 Å². The molecule has 0 aromatic heterocycles. The zero-order valence-corrected chi connectivity index (χ0v) is 11.8. The number of hydrogen-bond acceptors (Lipinski definition) is 2. The molecular weight excluding hydrogens is 264 g/mol. The van der Waals surface area contributed by atoms with Gasteiger partial charge in [0.1, 0.15) is 0 Å². The van der Waals surface area contributed by atoms with Crippen molar-refractivity contribution in [3.05, 3.63) is 70.3 Å². The minimum Gasteiger partial charge on any atom is -0.481 e. The summed E-state index contributed by atoms with van der Waals surface area (Å²) in [7, 11) is 0. The SMILES string of the molecule is Cc1ccc(C(=O)c2ccc3c(c2)CC(C(=O)O)C3)cc1. The van der Waals surface area contributed by atoms with Crippen molar-refractivity contribution in [1.82, 2.24) is 0 Å². The van der Waals surface area contributed by atoms with Gasteiger partial charge in [-0.05, 0) is 37.0 Å². The molecule has 0 aliphatic heterocycles. The van der Waals surface area contributed by atoms with Crippen LogP contribution in [0.15, 0.2) is 42.5 Å². The Balaban J connectivity index is 1.88. The van der Waals surface area contributed by atoms with Crippen LogP contribution >= 0.6 is 0 Å². The first kappa shape index (κ1) is 13.6. The summed E-state index contributed by atoms with van der Waals surface area (Å²) in [5, 5.41) is 9.10. The third-order valence-electron chi connectivity index (χ3n) is 4.06. The molecule has 1 atom stereocenters. The van der Waals surface area contributed by atoms with Gasteiger partial charge in [-0.1, -0.05) is 42.0 Å². The highest BCUT2D eigenvalue weighted by atomic mass is 16.4. The number of hydrogen-bond donors (Lipinski definition) is 1. The monoisotopic (exact) mass is 280 g/mol. The van der Waals surface area contributed by atoms with Crippen LogP contribution in [0.5, 0.6) is 0 Å². The summed E-state index contributed by atoms with van der Waals surface area (Å²) in [6, 6.07) is 13.0. The fraction of sp³-hybridized carbons (Fsp3) is 0.222. The lowest BCUT2D eigenvalue weighted by Gasteiger charge is -2.05. The Morgan fingerprint density at radius 3 is 2.24 bits per heavy atom. The van der Waals surface area contributed by atoms with Gasteiger partial charge in [-0.15, -0.1) is 0 Å². The molecule has 0 spiro atoms. The second-order valence-corrected chi connectivity index (χ2v) is 5.62. The van der Waals surface area contributed by atoms with Gasteiger partial charge in [0.05, 0.1) is 5.92 Å². The molecule has 106 valence electrons. The molecule has 2 aromatic rings. The molecule has 1 N–H and O–H groups in total. The van der Waals surface area contributed by atoms with Crippen LogP contribution in [0.25, 0.3) is 0 Å². The average Bonchev–Trinajstić information content (AvgIpc) is 2.90. The van der Waals surface area contributed by atoms with Gasteiger partial charge in [-0.2, -0.15) is 0 Å². The zero-order chi connectivity index (χ0) is 15.0. The minimum absolute atomic E-state index is 0.0171. The van der Waals surface area contributed by atoms with Crippen molar-refractivity contribution in [2.45, 2.75) is 19.8 Å². The molecule has 3 heteroatoms. The highest BCUT2D eigenvalue weighted by Crippen LogP contribution is 2.28. The summed E-state index contributed by atoms with van der Waals surface area (Å²) in [5.41, 5.74) is 4.44. The Morgan fingerprint density at radius 1 is 0.952 bits per heavy atom. The molecule has 1 aliphatic carbocycles. The Hall–Kier alpha value is -2.42. The lowest BCUT2D eigenvalue weighted by Crippen LogP contribution is -2.12. The molecular formula is C18H16O3. The molecule has 0 saturated carbocycles. The van der Waals surface area contributed by atoms with Gasteiger partial charge >= 0.3 is 5.97 Å². The highest BCUT2D eigenvalue weighted by molar-refractivity contribution is 6.09. The third-order valence-corrected chi connectivity index (χ3v) is 4.06. The van der Waals surface area contributed by atoms with E-state index in [0.717, 1.165) is 16.7 Å². The maximum atomic E-state index is 12.5. The van der Waals surface area contributed by atoms with Gasteiger partial charge in [0.25, 0.3) is 0 Å². The van der Waals surface area contributed by atoms with E-state index in [2.05, 4.69) is 0 Å². The summed E-state index contributed by atoms with van der Waals surface area (Å²) in [4.78, 5) is 23.5. The molecule has 0 fully saturated rings. The molecule has 1 unspecified atom stereocenters. The quantitative estimate of drug-likeness (QED) is 0.879. The smallest absolute Gasteiger partial charge is 0.307 e. The predicted molar refractivity (Wildman–Crippen MR) is 79.6 cm³/mol. The Labute approximate surface area is 123 Å². The van der Waals surface area contributed by atoms with Crippen LogP contribution in [-0.2, 0) is 17.6 Å². The topological polar surface area (TPSA) is 54.4 Å². The molecule has 21 heavy (non-hydrogen) atoms. The Morgan fingerprint density at radius 2 is 1.57 bits per heavy atom. The standard InChI is InChI=1S/C18H16O3/c1-11-2-4-12(5-3-11)17(19)14-7-6-13-8-16(18(20)21)10-15(13)9-14/h2-7,9,16H,8,10H2,1H3,(H,20,21). The van der Waals surface area contributed by atoms with Gasteiger partial charge in [-0.25, -0.2) is 0 Å². The van der Waals surface area contributed by atoms with Crippen LogP contribution in [0.4, 0.5) is 0 Å². The van der Waals surface area contributed by atoms with E-state index in [1.807, 2.05) is 43.3 Å². The summed E-state index contributed by atoms with van der Waals surface area (Å²) in [6.45, 7) is 1.98. The van der Waals surface area contributed by atoms with Crippen molar-refractivity contribution in [1.29, 1.82) is 0 Å². The van der Waals surface area contributed by atoms with Gasteiger partial charge < -0.3 is 5.11 Å². The van der Waals surface area contributed by atoms with Crippen LogP contribution < -0.4 is 0 Å². The average molecular weight is 280 g/mol. The molecule has 0 heterocycles. The maximum Gasteiger partial charge on any atom is 0.307 e. The number of fused-ring (bicyclic) bond motifs is 1. The zero-order valence-electron chi connectivity index (χ0n) is 11.8. The Bertz CT molecular complexity index is 714. The summed E-state index contributed by atoms with van der Waals surface area (Å²) >= 11 is 0. The van der Waals surface area contributed by atoms with Crippen LogP contribution in [-0.4, -0.2) is 16.9 Å². The number of carboxylic acid groups (broad SMARTS) is 1. The fourth-order valence-corrected chi connectivity index (χ4v) is 2.81. The summed E-state index contributed by atoms with van der Waals surface area (Å²) in [5.74, 6) is -1.14. The van der Waals surface area contributed by atoms with Crippen molar-refractivity contribution >= 4 is 11.8 Å². The van der Waals surface area contributed by atoms with Crippen LogP contribution in [0.3, 0.4) is 0 Å². The number of ketones is 1. The molecule has 0 saturated heterocycles. The van der Waals surface area contributed by atoms with Crippen LogP contribution in [0.1, 0.15) is 32.6 Å². The van der Waals surface area contributed by atoms with E-state index >= 15 is 0 Å². The molecule has 3 rings (SSSR count). The fourth-order valence-electron chi connectivity index (χ4n) is 2.81. The number of carbonyl (C=O) groups is 2. The van der Waals surface area contributed by atoms with E-state index in [-0.39, 0.29) is 11.7 Å². The van der Waals surface area contributed by atoms with Crippen LogP contribution in [0.2, 0.25) is 0 Å². The first-order valence-corrected chi connectivity index (χ1v) is 7.00. The molecule has 0 radical (unpaired) electrons. The third kappa shape index (κ3) is 2.59. The van der Waals surface area contributed by atoms with Crippen molar-refractivity contribution in [2.75, 3.05) is 0 Å². The largest absolute Gasteiger partial charge is 0.481 e. The van der Waals surface area contributed by atoms with Crippen molar-refractivity contribution in [2.24, 2.45) is 5.92 Å². The summed E-state index contributed by atoms with van der Waals surface area (Å²) in [6.07, 6.45) is 1.07. The first-order valence-electron chi connectivity index (χ1n) is 7.00. The molecule has 0 amide bonds. The van der Waals surface area contributed by atoms with Crippen molar-refractivity contribution in [3.8, 4) is 0 Å². The first-order chi connectivity index (χ1) is 10.0. The number of carbonyl (C=O) groups excluding carboxylic acids is 1. The minimum atomic E-state index is -0.766. The second-order valence-electron chi connectivity index (χ2n) is 5.62. The van der Waals surface area contributed by atoms with Gasteiger partial charge in [0, 0.05) is 11.1 Å². The molecule has 1 aliphatic rings. The van der Waals surface area contributed by atoms with Crippen molar-refractivity contribution < 1.29 is 14.7 Å². The normalized spacial score (nSPS) is 16.5. The number of aryl methyl sites for hydroxylation is 1. The number of benzene rings is 2. The van der Waals surface area contributed by atoms with E-state index in [0.29, 0.717) is 24.0 Å². The molecule has 3 nitrogen and oxygen atoms in total. The molecule has 2 aromatic carbocycles. The van der Waals surface area contributed by atoms with Gasteiger partial charge in [0.2, 0.25) is 0 Å². The second kappa shape index (κ2) is 5.17. The van der Waals surface area contributed by atoms with E-state index in [1.54, 1.807) is 6.07 Å². The van der Waals surface area contributed by atoms with Crippen LogP contribution in [0, 0.1) is 12.8 Å². The van der Waals surface area contributed by atoms with E-state index in [9.17, 15) is 9.59 Å². The van der Waals surface area contributed by atoms with Gasteiger partial charge in [0.15, 0.2) is 5.78 Å². The number of carboxylic acids is 1. The lowest BCUT2D eigenvalue weighted by molar-refractivity contribution is -0.141. The number of aliphatic carboxylic acids is 1. The van der Waals surface area contributed by atoms with E-state index in [4.69, 9.17) is 5.11 Å². The Kier molecular flexibility index (Phi) is 3.34. The van der Waals surface area contributed by atoms with E-state index < -0.39 is 5.97 Å². The van der Waals surface area contributed by atoms with Gasteiger partial charge in [-0.3, -0.25) is 9.59 Å². The molecule has 0 bridgehead atoms.